The molecule has 0 spiro atoms. The maximum absolute atomic E-state index is 11.4. The molecule has 0 unspecified atom stereocenters. The molecule has 0 atom stereocenters. The van der Waals surface area contributed by atoms with Crippen molar-refractivity contribution >= 4 is 6.09 Å². The van der Waals surface area contributed by atoms with Crippen LogP contribution in [0.3, 0.4) is 0 Å². The zero-order valence-corrected chi connectivity index (χ0v) is 14.7. The minimum absolute atomic E-state index is 0.110. The van der Waals surface area contributed by atoms with Gasteiger partial charge >= 0.3 is 6.09 Å². The Balaban J connectivity index is 2.85. The van der Waals surface area contributed by atoms with Crippen molar-refractivity contribution in [3.05, 3.63) is 44.8 Å². The van der Waals surface area contributed by atoms with Crippen LogP contribution in [0.15, 0.2) is 34.7 Å². The van der Waals surface area contributed by atoms with Gasteiger partial charge < -0.3 is 14.6 Å². The van der Waals surface area contributed by atoms with E-state index in [0.717, 1.165) is 17.7 Å². The Morgan fingerprint density at radius 3 is 2.17 bits per heavy atom. The van der Waals surface area contributed by atoms with Crippen molar-refractivity contribution in [3.63, 3.8) is 0 Å². The van der Waals surface area contributed by atoms with Crippen LogP contribution in [-0.2, 0) is 4.84 Å². The summed E-state index contributed by atoms with van der Waals surface area (Å²) < 4.78 is 0. The number of nitro groups is 1. The summed E-state index contributed by atoms with van der Waals surface area (Å²) in [6.45, 7) is 9.80. The van der Waals surface area contributed by atoms with Crippen LogP contribution in [0, 0.1) is 10.1 Å². The Morgan fingerprint density at radius 1 is 1.17 bits per heavy atom. The summed E-state index contributed by atoms with van der Waals surface area (Å²) in [6.07, 6.45) is 3.53. The second-order valence-corrected chi connectivity index (χ2v) is 5.73. The lowest BCUT2D eigenvalue weighted by Crippen LogP contribution is -2.48. The molecule has 0 bridgehead atoms. The standard InChI is InChI=1S/C16H26N4O4/c1-5-12(2)14(4)15(20(22)23)7-6-13(3)18-8-10-19(11-9-18)16(21)24-17/h6-7H,5,8-11,17H2,1-4H3/b13-6+,14-12+,15-7+. The van der Waals surface area contributed by atoms with Crippen LogP contribution in [0.5, 0.6) is 0 Å². The Morgan fingerprint density at radius 2 is 1.71 bits per heavy atom. The molecule has 1 fully saturated rings. The molecule has 0 aliphatic carbocycles. The van der Waals surface area contributed by atoms with E-state index in [2.05, 4.69) is 9.74 Å². The quantitative estimate of drug-likeness (QED) is 0.469. The van der Waals surface area contributed by atoms with Gasteiger partial charge in [-0.1, -0.05) is 12.5 Å². The van der Waals surface area contributed by atoms with Gasteiger partial charge in [0.05, 0.1) is 4.92 Å². The Labute approximate surface area is 142 Å². The van der Waals surface area contributed by atoms with E-state index in [0.29, 0.717) is 31.8 Å². The largest absolute Gasteiger partial charge is 0.428 e. The summed E-state index contributed by atoms with van der Waals surface area (Å²) in [4.78, 5) is 30.1. The van der Waals surface area contributed by atoms with Crippen molar-refractivity contribution in [2.24, 2.45) is 5.90 Å². The maximum Gasteiger partial charge on any atom is 0.428 e. The van der Waals surface area contributed by atoms with Gasteiger partial charge in [0.1, 0.15) is 0 Å². The summed E-state index contributed by atoms with van der Waals surface area (Å²) >= 11 is 0. The van der Waals surface area contributed by atoms with E-state index in [-0.39, 0.29) is 10.6 Å². The predicted molar refractivity (Wildman–Crippen MR) is 91.3 cm³/mol. The topological polar surface area (TPSA) is 102 Å². The Hall–Kier alpha value is -2.35. The lowest BCUT2D eigenvalue weighted by atomic mass is 10.1. The fourth-order valence-corrected chi connectivity index (χ4v) is 2.43. The van der Waals surface area contributed by atoms with Gasteiger partial charge in [0.25, 0.3) is 5.70 Å². The summed E-state index contributed by atoms with van der Waals surface area (Å²) in [6, 6.07) is 0. The number of carbonyl (C=O) groups excluding carboxylic acids is 1. The van der Waals surface area contributed by atoms with E-state index < -0.39 is 6.09 Å². The second kappa shape index (κ2) is 9.07. The van der Waals surface area contributed by atoms with Crippen LogP contribution in [-0.4, -0.2) is 47.0 Å². The molecule has 1 amide bonds. The van der Waals surface area contributed by atoms with Gasteiger partial charge in [-0.15, -0.1) is 0 Å². The third-order valence-electron chi connectivity index (χ3n) is 4.37. The summed E-state index contributed by atoms with van der Waals surface area (Å²) in [5.41, 5.74) is 2.72. The van der Waals surface area contributed by atoms with Crippen molar-refractivity contribution in [3.8, 4) is 0 Å². The molecule has 1 aliphatic heterocycles. The zero-order valence-electron chi connectivity index (χ0n) is 14.7. The summed E-state index contributed by atoms with van der Waals surface area (Å²) in [7, 11) is 0. The van der Waals surface area contributed by atoms with Gasteiger partial charge in [-0.3, -0.25) is 10.1 Å². The molecule has 1 rings (SSSR count). The van der Waals surface area contributed by atoms with Crippen LogP contribution in [0.25, 0.3) is 0 Å². The highest BCUT2D eigenvalue weighted by Crippen LogP contribution is 2.18. The van der Waals surface area contributed by atoms with E-state index in [1.807, 2.05) is 20.8 Å². The minimum Gasteiger partial charge on any atom is -0.371 e. The second-order valence-electron chi connectivity index (χ2n) is 5.73. The lowest BCUT2D eigenvalue weighted by molar-refractivity contribution is -0.420. The van der Waals surface area contributed by atoms with Crippen LogP contribution in [0.1, 0.15) is 34.1 Å². The molecule has 0 aromatic heterocycles. The van der Waals surface area contributed by atoms with Crippen LogP contribution >= 0.6 is 0 Å². The number of nitrogens with zero attached hydrogens (tertiary/aromatic N) is 3. The molecule has 1 aliphatic rings. The summed E-state index contributed by atoms with van der Waals surface area (Å²) in [5, 5.41) is 11.3. The number of carbonyl (C=O) groups is 1. The molecular weight excluding hydrogens is 312 g/mol. The smallest absolute Gasteiger partial charge is 0.371 e. The molecule has 0 aromatic carbocycles. The fraction of sp³-hybridized carbons (Fsp3) is 0.562. The number of hydrogen-bond donors (Lipinski definition) is 1. The summed E-state index contributed by atoms with van der Waals surface area (Å²) in [5.74, 6) is 4.88. The molecule has 8 nitrogen and oxygen atoms in total. The molecule has 0 aromatic rings. The number of allylic oxidation sites excluding steroid dienone is 5. The third kappa shape index (κ3) is 5.09. The van der Waals surface area contributed by atoms with Gasteiger partial charge in [0.15, 0.2) is 0 Å². The van der Waals surface area contributed by atoms with Crippen molar-refractivity contribution < 1.29 is 14.6 Å². The van der Waals surface area contributed by atoms with Crippen molar-refractivity contribution in [2.75, 3.05) is 26.2 Å². The lowest BCUT2D eigenvalue weighted by Gasteiger charge is -2.35. The highest BCUT2D eigenvalue weighted by molar-refractivity contribution is 5.67. The number of amides is 1. The van der Waals surface area contributed by atoms with Gasteiger partial charge in [0.2, 0.25) is 0 Å². The van der Waals surface area contributed by atoms with Gasteiger partial charge in [-0.05, 0) is 33.3 Å². The first-order valence-electron chi connectivity index (χ1n) is 7.92. The molecule has 1 saturated heterocycles. The fourth-order valence-electron chi connectivity index (χ4n) is 2.43. The molecular formula is C16H26N4O4. The molecule has 2 N–H and O–H groups in total. The monoisotopic (exact) mass is 338 g/mol. The molecule has 0 saturated carbocycles. The minimum atomic E-state index is -0.539. The predicted octanol–water partition coefficient (Wildman–Crippen LogP) is 2.43. The number of rotatable bonds is 5. The van der Waals surface area contributed by atoms with Crippen molar-refractivity contribution in [2.45, 2.75) is 34.1 Å². The van der Waals surface area contributed by atoms with Crippen molar-refractivity contribution in [1.29, 1.82) is 0 Å². The van der Waals surface area contributed by atoms with E-state index in [4.69, 9.17) is 5.90 Å². The van der Waals surface area contributed by atoms with E-state index in [1.54, 1.807) is 19.1 Å². The van der Waals surface area contributed by atoms with Gasteiger partial charge in [-0.2, -0.15) is 5.90 Å². The SMILES string of the molecule is CC/C(C)=C(C)/C(=C\C=C(/C)N1CCN(C(=O)ON)CC1)[N+](=O)[O-]. The number of nitrogens with two attached hydrogens (primary N) is 1. The average molecular weight is 338 g/mol. The first kappa shape index (κ1) is 19.7. The zero-order chi connectivity index (χ0) is 18.3. The van der Waals surface area contributed by atoms with E-state index in [9.17, 15) is 14.9 Å². The Kier molecular flexibility index (Phi) is 7.44. The van der Waals surface area contributed by atoms with Crippen LogP contribution < -0.4 is 5.90 Å². The molecule has 8 heteroatoms. The van der Waals surface area contributed by atoms with Gasteiger partial charge in [-0.25, -0.2) is 4.79 Å². The Bertz CT molecular complexity index is 573. The molecule has 24 heavy (non-hydrogen) atoms. The average Bonchev–Trinajstić information content (AvgIpc) is 2.59. The van der Waals surface area contributed by atoms with Gasteiger partial charge in [0, 0.05) is 43.5 Å². The normalized spacial score (nSPS) is 17.5. The van der Waals surface area contributed by atoms with E-state index in [1.165, 1.54) is 4.90 Å². The van der Waals surface area contributed by atoms with E-state index >= 15 is 0 Å². The molecule has 1 heterocycles. The van der Waals surface area contributed by atoms with Crippen molar-refractivity contribution in [1.82, 2.24) is 9.80 Å². The number of piperazine rings is 1. The molecule has 0 radical (unpaired) electrons. The van der Waals surface area contributed by atoms with Crippen LogP contribution in [0.2, 0.25) is 0 Å². The third-order valence-corrected chi connectivity index (χ3v) is 4.37. The number of hydrogen-bond acceptors (Lipinski definition) is 6. The first-order chi connectivity index (χ1) is 11.3. The van der Waals surface area contributed by atoms with Crippen LogP contribution in [0.4, 0.5) is 4.79 Å². The highest BCUT2D eigenvalue weighted by atomic mass is 16.7. The first-order valence-corrected chi connectivity index (χ1v) is 7.92. The molecule has 134 valence electrons. The highest BCUT2D eigenvalue weighted by Gasteiger charge is 2.22. The maximum atomic E-state index is 11.4.